The minimum absolute atomic E-state index is 0.0677. The first-order valence-electron chi connectivity index (χ1n) is 13.5. The molecule has 0 saturated carbocycles. The number of aliphatic hydroxyl groups is 1. The van der Waals surface area contributed by atoms with Gasteiger partial charge >= 0.3 is 5.97 Å². The standard InChI is InChI=1S/C29H38N4O6/c1-17(2)26-27(35)30-18(3)28(36)33-14-6-9-24(32-33)29(37)39-19(4)21-7-5-8-22(15-21)20-10-12-23(13-11-20)38-16-25(34)31-26/h5,7-8,10-13,15,17-19,24-26,31-32,34H,6,9,14,16H2,1-4H3,(H,30,35)/t18-,19+,24-,25?,26-/m0/s1. The van der Waals surface area contributed by atoms with Crippen molar-refractivity contribution in [2.45, 2.75) is 71.0 Å². The third-order valence-electron chi connectivity index (χ3n) is 7.03. The Kier molecular flexibility index (Phi) is 9.21. The summed E-state index contributed by atoms with van der Waals surface area (Å²) < 4.78 is 11.5. The molecule has 6 bridgehead atoms. The maximum absolute atomic E-state index is 13.1. The zero-order chi connectivity index (χ0) is 28.1. The van der Waals surface area contributed by atoms with Crippen molar-refractivity contribution < 1.29 is 29.0 Å². The molecule has 2 aromatic carbocycles. The van der Waals surface area contributed by atoms with E-state index in [1.807, 2.05) is 69.3 Å². The summed E-state index contributed by atoms with van der Waals surface area (Å²) in [5.41, 5.74) is 5.74. The molecule has 39 heavy (non-hydrogen) atoms. The molecule has 4 N–H and O–H groups in total. The highest BCUT2D eigenvalue weighted by Crippen LogP contribution is 2.27. The summed E-state index contributed by atoms with van der Waals surface area (Å²) in [7, 11) is 0. The normalized spacial score (nSPS) is 27.2. The summed E-state index contributed by atoms with van der Waals surface area (Å²) in [5.74, 6) is -0.823. The number of hydrogen-bond donors (Lipinski definition) is 4. The van der Waals surface area contributed by atoms with Crippen molar-refractivity contribution in [1.29, 1.82) is 0 Å². The Morgan fingerprint density at radius 3 is 2.49 bits per heavy atom. The summed E-state index contributed by atoms with van der Waals surface area (Å²) in [6, 6.07) is 12.9. The molecular formula is C29H38N4O6. The van der Waals surface area contributed by atoms with Crippen LogP contribution in [0.4, 0.5) is 0 Å². The molecule has 210 valence electrons. The van der Waals surface area contributed by atoms with Crippen LogP contribution >= 0.6 is 0 Å². The van der Waals surface area contributed by atoms with E-state index in [1.165, 1.54) is 5.01 Å². The fourth-order valence-electron chi connectivity index (χ4n) is 4.75. The van der Waals surface area contributed by atoms with Crippen LogP contribution < -0.4 is 20.8 Å². The number of benzene rings is 2. The van der Waals surface area contributed by atoms with E-state index < -0.39 is 42.3 Å². The van der Waals surface area contributed by atoms with Gasteiger partial charge in [-0.25, -0.2) is 5.43 Å². The molecule has 2 amide bonds. The van der Waals surface area contributed by atoms with Crippen LogP contribution in [0.2, 0.25) is 0 Å². The van der Waals surface area contributed by atoms with Crippen LogP contribution in [0.3, 0.4) is 0 Å². The van der Waals surface area contributed by atoms with Crippen molar-refractivity contribution in [3.8, 4) is 16.9 Å². The van der Waals surface area contributed by atoms with E-state index in [2.05, 4.69) is 16.1 Å². The van der Waals surface area contributed by atoms with Crippen molar-refractivity contribution in [2.24, 2.45) is 5.92 Å². The maximum atomic E-state index is 13.1. The van der Waals surface area contributed by atoms with Crippen molar-refractivity contribution in [3.05, 3.63) is 54.1 Å². The first-order valence-corrected chi connectivity index (χ1v) is 13.5. The molecule has 5 atom stereocenters. The molecule has 3 aliphatic heterocycles. The van der Waals surface area contributed by atoms with Crippen LogP contribution in [0.5, 0.6) is 5.75 Å². The number of aliphatic hydroxyl groups excluding tert-OH is 1. The molecule has 10 nitrogen and oxygen atoms in total. The molecule has 3 aliphatic rings. The van der Waals surface area contributed by atoms with E-state index >= 15 is 0 Å². The summed E-state index contributed by atoms with van der Waals surface area (Å²) in [5, 5.41) is 17.6. The predicted molar refractivity (Wildman–Crippen MR) is 145 cm³/mol. The second-order valence-corrected chi connectivity index (χ2v) is 10.5. The van der Waals surface area contributed by atoms with Crippen molar-refractivity contribution in [3.63, 3.8) is 0 Å². The number of hydrazine groups is 1. The number of ether oxygens (including phenoxy) is 2. The highest BCUT2D eigenvalue weighted by molar-refractivity contribution is 5.90. The van der Waals surface area contributed by atoms with Crippen LogP contribution in [0, 0.1) is 5.92 Å². The third-order valence-corrected chi connectivity index (χ3v) is 7.03. The highest BCUT2D eigenvalue weighted by atomic mass is 16.5. The molecule has 0 aliphatic carbocycles. The Bertz CT molecular complexity index is 1170. The molecule has 0 radical (unpaired) electrons. The lowest BCUT2D eigenvalue weighted by atomic mass is 10.0. The van der Waals surface area contributed by atoms with Crippen LogP contribution in [-0.4, -0.2) is 65.4 Å². The van der Waals surface area contributed by atoms with Crippen molar-refractivity contribution >= 4 is 17.8 Å². The largest absolute Gasteiger partial charge is 0.489 e. The summed E-state index contributed by atoms with van der Waals surface area (Å²) >= 11 is 0. The van der Waals surface area contributed by atoms with Crippen molar-refractivity contribution in [1.82, 2.24) is 21.1 Å². The van der Waals surface area contributed by atoms with E-state index in [0.29, 0.717) is 25.1 Å². The number of rotatable bonds is 1. The van der Waals surface area contributed by atoms with Gasteiger partial charge in [0.05, 0.1) is 6.04 Å². The maximum Gasteiger partial charge on any atom is 0.325 e. The minimum atomic E-state index is -1.11. The van der Waals surface area contributed by atoms with Crippen LogP contribution in [0.1, 0.15) is 52.2 Å². The van der Waals surface area contributed by atoms with Gasteiger partial charge in [-0.05, 0) is 67.5 Å². The molecule has 0 spiro atoms. The Balaban J connectivity index is 1.60. The van der Waals surface area contributed by atoms with E-state index in [-0.39, 0.29) is 18.4 Å². The van der Waals surface area contributed by atoms with Gasteiger partial charge < -0.3 is 19.9 Å². The summed E-state index contributed by atoms with van der Waals surface area (Å²) in [4.78, 5) is 39.2. The van der Waals surface area contributed by atoms with Crippen LogP contribution in [-0.2, 0) is 19.1 Å². The number of nitrogens with one attached hydrogen (secondary N) is 3. The Morgan fingerprint density at radius 1 is 1.03 bits per heavy atom. The molecule has 1 unspecified atom stereocenters. The number of fused-ring (bicyclic) bond motifs is 12. The number of carbonyl (C=O) groups excluding carboxylic acids is 3. The fraction of sp³-hybridized carbons (Fsp3) is 0.483. The quantitative estimate of drug-likeness (QED) is 0.322. The molecule has 1 fully saturated rings. The van der Waals surface area contributed by atoms with Crippen molar-refractivity contribution in [2.75, 3.05) is 13.2 Å². The SMILES string of the molecule is CC(C)[C@@H]1NC(O)COc2ccc(cc2)-c2cccc(c2)[C@@H](C)OC(=O)[C@@H]2CCCN(N2)C(=O)[C@H](C)NC1=O. The Hall–Kier alpha value is -3.47. The van der Waals surface area contributed by atoms with Crippen LogP contribution in [0.25, 0.3) is 11.1 Å². The zero-order valence-corrected chi connectivity index (χ0v) is 22.8. The van der Waals surface area contributed by atoms with E-state index in [0.717, 1.165) is 16.7 Å². The first kappa shape index (κ1) is 28.5. The van der Waals surface area contributed by atoms with Gasteiger partial charge in [-0.15, -0.1) is 0 Å². The lowest BCUT2D eigenvalue weighted by Gasteiger charge is -2.35. The first-order chi connectivity index (χ1) is 18.6. The van der Waals surface area contributed by atoms with E-state index in [4.69, 9.17) is 9.47 Å². The van der Waals surface area contributed by atoms with Gasteiger partial charge in [-0.1, -0.05) is 44.2 Å². The second-order valence-electron chi connectivity index (χ2n) is 10.5. The van der Waals surface area contributed by atoms with Gasteiger partial charge in [0.25, 0.3) is 5.91 Å². The van der Waals surface area contributed by atoms with Gasteiger partial charge in [-0.3, -0.25) is 24.7 Å². The average molecular weight is 539 g/mol. The lowest BCUT2D eigenvalue weighted by Crippen LogP contribution is -2.61. The smallest absolute Gasteiger partial charge is 0.325 e. The summed E-state index contributed by atoms with van der Waals surface area (Å²) in [6.07, 6.45) is -0.463. The number of esters is 1. The monoisotopic (exact) mass is 538 g/mol. The third kappa shape index (κ3) is 7.14. The van der Waals surface area contributed by atoms with E-state index in [9.17, 15) is 19.5 Å². The predicted octanol–water partition coefficient (Wildman–Crippen LogP) is 2.28. The highest BCUT2D eigenvalue weighted by Gasteiger charge is 2.34. The van der Waals surface area contributed by atoms with E-state index in [1.54, 1.807) is 6.92 Å². The van der Waals surface area contributed by atoms with Gasteiger partial charge in [0.15, 0.2) is 0 Å². The molecule has 5 rings (SSSR count). The number of nitrogens with zero attached hydrogens (tertiary/aromatic N) is 1. The summed E-state index contributed by atoms with van der Waals surface area (Å²) in [6.45, 7) is 7.44. The molecular weight excluding hydrogens is 500 g/mol. The van der Waals surface area contributed by atoms with Gasteiger partial charge in [-0.2, -0.15) is 0 Å². The topological polar surface area (TPSA) is 129 Å². The molecule has 3 heterocycles. The number of carbonyl (C=O) groups is 3. The molecule has 0 aromatic heterocycles. The molecule has 1 saturated heterocycles. The second kappa shape index (κ2) is 12.6. The number of hydrogen-bond acceptors (Lipinski definition) is 8. The minimum Gasteiger partial charge on any atom is -0.489 e. The zero-order valence-electron chi connectivity index (χ0n) is 22.8. The Morgan fingerprint density at radius 2 is 1.77 bits per heavy atom. The average Bonchev–Trinajstić information content (AvgIpc) is 2.94. The fourth-order valence-corrected chi connectivity index (χ4v) is 4.75. The lowest BCUT2D eigenvalue weighted by molar-refractivity contribution is -0.157. The van der Waals surface area contributed by atoms with Gasteiger partial charge in [0.1, 0.15) is 36.8 Å². The van der Waals surface area contributed by atoms with Gasteiger partial charge in [0, 0.05) is 6.54 Å². The Labute approximate surface area is 229 Å². The van der Waals surface area contributed by atoms with Crippen LogP contribution in [0.15, 0.2) is 48.5 Å². The number of amides is 2. The van der Waals surface area contributed by atoms with Gasteiger partial charge in [0.2, 0.25) is 5.91 Å². The molecule has 10 heteroatoms. The molecule has 2 aromatic rings.